The molecular formula is C117H133ClFN17O13. The maximum absolute atomic E-state index is 14.6. The molecule has 0 saturated heterocycles. The van der Waals surface area contributed by atoms with Crippen molar-refractivity contribution >= 4 is 92.8 Å². The predicted octanol–water partition coefficient (Wildman–Crippen LogP) is 19.3. The third-order valence-electron chi connectivity index (χ3n) is 27.6. The van der Waals surface area contributed by atoms with Gasteiger partial charge in [0.25, 0.3) is 35.4 Å². The Bertz CT molecular complexity index is 6980. The van der Waals surface area contributed by atoms with Crippen LogP contribution in [0.25, 0.3) is 28.0 Å². The second kappa shape index (κ2) is 52.0. The van der Waals surface area contributed by atoms with Gasteiger partial charge in [0.2, 0.25) is 17.7 Å². The molecule has 0 bridgehead atoms. The van der Waals surface area contributed by atoms with E-state index in [9.17, 15) is 68.1 Å². The molecule has 4 atom stereocenters. The van der Waals surface area contributed by atoms with Gasteiger partial charge in [-0.25, -0.2) is 18.4 Å². The number of nitrogens with one attached hydrogen (secondary N) is 3. The SMILES string of the molecule is CCCCN(CCCC)C(=O)c1cc(C)n(-c2ccc(NC(=O)C(C)c3noc4ccccc34)cc2C(=O)N2Cc3ccccc3C[C@H]2CO)n1.CCCCN(CCCC)C(=O)c1cc(C)n(-c2ccc(NC(=O)Cc3c(F)cccc3Cl)cc2C(=O)N2Cc3ccccc3C[C@H]2CO)n1.CCCCN(CCCC)C(=O)c1cc(C)n(-c2ccc(NC(=O)Cc3cccc(C#N)c3)cc2C(=O)N2Cc3ccccc3C[C@H]2CO)n1. The molecule has 3 aliphatic heterocycles. The molecule has 0 saturated carbocycles. The number of anilines is 3. The van der Waals surface area contributed by atoms with Gasteiger partial charge < -0.3 is 65.2 Å². The van der Waals surface area contributed by atoms with Gasteiger partial charge in [-0.2, -0.15) is 20.6 Å². The number of unbranched alkanes of at least 4 members (excludes halogenated alkanes) is 6. The Labute approximate surface area is 874 Å². The third-order valence-corrected chi connectivity index (χ3v) is 27.9. The Balaban J connectivity index is 0.000000176. The standard InChI is InChI=1S/C40H46N6O5.C39H44N6O4.C38H43ClFN5O4/c1-5-7-19-44(20-8-6-2)40(50)34-21-26(3)46(42-34)35-18-17-30(41-38(48)27(4)37-32-15-11-12-16-36(32)51-43-37)23-33(35)39(49)45-24-29-14-10-9-13-28(29)22-31(45)25-47;1-4-6-17-43(18-7-5-2)39(49)35-19-27(3)45(42-35)36-16-15-32(41-37(47)21-28-11-10-12-29(20-28)24-40)23-34(36)38(48)44-25-31-14-9-8-13-30(31)22-33(44)26-46;1-4-6-17-43(18-7-5-2)38(49)34-19-25(3)45(42-34)35-16-15-28(41-36(47)22-30-32(39)13-10-14-33(30)40)21-31(35)37(48)44-23-27-12-9-8-11-26(27)20-29(44)24-46/h9-18,21,23,27,31,47H,5-8,19-20,22,24-25H2,1-4H3,(H,41,48);8-16,19-20,23,33,46H,4-7,17-18,21-22,25-26H2,1-3H3,(H,41,47);8-16,19,21,29,46H,4-7,17-18,20,22-24H2,1-3H3,(H,41,47)/t27?,31-;33-;29-/m000/s1. The number of aryl methyl sites for hydroxylation is 3. The Morgan fingerprint density at radius 1 is 0.436 bits per heavy atom. The summed E-state index contributed by atoms with van der Waals surface area (Å²) < 4.78 is 24.7. The molecule has 0 spiro atoms. The molecule has 0 aliphatic carbocycles. The molecule has 778 valence electrons. The molecule has 9 amide bonds. The summed E-state index contributed by atoms with van der Waals surface area (Å²) in [5, 5.41) is 68.3. The average molecular weight is 2040 g/mol. The highest BCUT2D eigenvalue weighted by molar-refractivity contribution is 6.31. The van der Waals surface area contributed by atoms with Crippen LogP contribution in [0.2, 0.25) is 5.02 Å². The molecule has 3 aliphatic rings. The number of aliphatic hydroxyl groups excluding tert-OH is 3. The van der Waals surface area contributed by atoms with Crippen LogP contribution in [0.5, 0.6) is 0 Å². The number of rotatable bonds is 39. The highest BCUT2D eigenvalue weighted by Gasteiger charge is 2.38. The van der Waals surface area contributed by atoms with Crippen molar-refractivity contribution in [1.82, 2.24) is 63.9 Å². The summed E-state index contributed by atoms with van der Waals surface area (Å²) >= 11 is 6.16. The first-order chi connectivity index (χ1) is 72.1. The van der Waals surface area contributed by atoms with Crippen molar-refractivity contribution in [2.75, 3.05) is 75.0 Å². The van der Waals surface area contributed by atoms with Crippen molar-refractivity contribution in [2.24, 2.45) is 0 Å². The van der Waals surface area contributed by atoms with Crippen LogP contribution < -0.4 is 16.0 Å². The highest BCUT2D eigenvalue weighted by atomic mass is 35.5. The van der Waals surface area contributed by atoms with Gasteiger partial charge in [-0.05, 0) is 234 Å². The van der Waals surface area contributed by atoms with Gasteiger partial charge in [-0.1, -0.05) is 200 Å². The van der Waals surface area contributed by atoms with E-state index < -0.39 is 35.8 Å². The van der Waals surface area contributed by atoms with Crippen LogP contribution in [0.1, 0.15) is 267 Å². The number of nitriles is 1. The molecule has 1 unspecified atom stereocenters. The Morgan fingerprint density at radius 3 is 1.15 bits per heavy atom. The predicted molar refractivity (Wildman–Crippen MR) is 573 cm³/mol. The van der Waals surface area contributed by atoms with Crippen molar-refractivity contribution in [3.05, 3.63) is 330 Å². The number of para-hydroxylation sites is 1. The first-order valence-corrected chi connectivity index (χ1v) is 52.2. The quantitative estimate of drug-likeness (QED) is 0.0208. The molecule has 0 fully saturated rings. The van der Waals surface area contributed by atoms with Crippen LogP contribution in [0.3, 0.4) is 0 Å². The molecule has 30 nitrogen and oxygen atoms in total. The van der Waals surface area contributed by atoms with Crippen LogP contribution in [0.15, 0.2) is 217 Å². The first kappa shape index (κ1) is 110. The van der Waals surface area contributed by atoms with Crippen molar-refractivity contribution in [3.8, 4) is 23.1 Å². The zero-order valence-corrected chi connectivity index (χ0v) is 87.2. The summed E-state index contributed by atoms with van der Waals surface area (Å²) in [6.45, 7) is 24.0. The molecule has 149 heavy (non-hydrogen) atoms. The third kappa shape index (κ3) is 26.5. The molecule has 9 aromatic carbocycles. The van der Waals surface area contributed by atoms with Gasteiger partial charge in [0.1, 0.15) is 11.5 Å². The number of hydrogen-bond acceptors (Lipinski definition) is 18. The van der Waals surface area contributed by atoms with Gasteiger partial charge in [-0.3, -0.25) is 43.2 Å². The summed E-state index contributed by atoms with van der Waals surface area (Å²) in [6.07, 6.45) is 12.4. The maximum Gasteiger partial charge on any atom is 0.274 e. The smallest absolute Gasteiger partial charge is 0.274 e. The molecule has 7 heterocycles. The highest BCUT2D eigenvalue weighted by Crippen LogP contribution is 2.37. The number of amides is 9. The van der Waals surface area contributed by atoms with Crippen LogP contribution in [-0.2, 0) is 66.1 Å². The van der Waals surface area contributed by atoms with E-state index >= 15 is 0 Å². The van der Waals surface area contributed by atoms with Crippen LogP contribution in [0, 0.1) is 37.9 Å². The Morgan fingerprint density at radius 2 is 0.785 bits per heavy atom. The van der Waals surface area contributed by atoms with E-state index in [-0.39, 0.29) is 119 Å². The van der Waals surface area contributed by atoms with E-state index in [1.165, 1.54) is 18.2 Å². The fraction of sp³-hybridized carbons (Fsp3) is 0.368. The summed E-state index contributed by atoms with van der Waals surface area (Å²) in [4.78, 5) is 135. The van der Waals surface area contributed by atoms with E-state index in [0.717, 1.165) is 116 Å². The van der Waals surface area contributed by atoms with Gasteiger partial charge in [-0.15, -0.1) is 0 Å². The lowest BCUT2D eigenvalue weighted by Gasteiger charge is -2.36. The lowest BCUT2D eigenvalue weighted by atomic mass is 9.93. The summed E-state index contributed by atoms with van der Waals surface area (Å²) in [7, 11) is 0. The van der Waals surface area contributed by atoms with E-state index in [4.69, 9.17) is 31.4 Å². The molecule has 13 aromatic rings. The lowest BCUT2D eigenvalue weighted by molar-refractivity contribution is -0.117. The molecular weight excluding hydrogens is 1910 g/mol. The van der Waals surface area contributed by atoms with Crippen molar-refractivity contribution in [3.63, 3.8) is 0 Å². The fourth-order valence-corrected chi connectivity index (χ4v) is 19.4. The Kier molecular flexibility index (Phi) is 38.2. The number of aromatic nitrogens is 7. The van der Waals surface area contributed by atoms with E-state index in [1.807, 2.05) is 126 Å². The molecule has 6 N–H and O–H groups in total. The number of aliphatic hydroxyl groups is 3. The number of carbonyl (C=O) groups is 9. The summed E-state index contributed by atoms with van der Waals surface area (Å²) in [5.41, 5.74) is 14.8. The number of benzene rings is 9. The topological polar surface area (TPSA) is 373 Å². The van der Waals surface area contributed by atoms with Crippen LogP contribution >= 0.6 is 11.6 Å². The number of carbonyl (C=O) groups excluding carboxylic acids is 9. The van der Waals surface area contributed by atoms with Gasteiger partial charge >= 0.3 is 0 Å². The van der Waals surface area contributed by atoms with Gasteiger partial charge in [0, 0.05) is 109 Å². The first-order valence-electron chi connectivity index (χ1n) is 51.8. The Hall–Kier alpha value is -15.1. The maximum atomic E-state index is 14.6. The zero-order chi connectivity index (χ0) is 106. The average Bonchev–Trinajstić information content (AvgIpc) is 1.71. The second-order valence-electron chi connectivity index (χ2n) is 38.4. The fourth-order valence-electron chi connectivity index (χ4n) is 19.1. The molecule has 0 radical (unpaired) electrons. The van der Waals surface area contributed by atoms with Crippen LogP contribution in [-0.4, -0.2) is 210 Å². The normalized spacial score (nSPS) is 14.2. The summed E-state index contributed by atoms with van der Waals surface area (Å²) in [6, 6.07) is 63.1. The molecule has 4 aromatic heterocycles. The monoisotopic (exact) mass is 2040 g/mol. The number of nitrogens with zero attached hydrogens (tertiary/aromatic N) is 14. The van der Waals surface area contributed by atoms with E-state index in [1.54, 1.807) is 139 Å². The van der Waals surface area contributed by atoms with E-state index in [2.05, 4.69) is 68.7 Å². The van der Waals surface area contributed by atoms with Gasteiger partial charge in [0.15, 0.2) is 22.7 Å². The minimum absolute atomic E-state index is 0.0480. The van der Waals surface area contributed by atoms with Crippen molar-refractivity contribution in [1.29, 1.82) is 5.26 Å². The number of halogens is 2. The molecule has 32 heteroatoms. The second-order valence-corrected chi connectivity index (χ2v) is 38.8. The van der Waals surface area contributed by atoms with E-state index in [0.29, 0.717) is 157 Å². The largest absolute Gasteiger partial charge is 0.394 e. The van der Waals surface area contributed by atoms with Gasteiger partial charge in [0.05, 0.1) is 102 Å². The minimum Gasteiger partial charge on any atom is -0.394 e. The number of hydrogen-bond donors (Lipinski definition) is 6. The van der Waals surface area contributed by atoms with Crippen LogP contribution in [0.4, 0.5) is 21.5 Å². The number of fused-ring (bicyclic) bond motifs is 4. The minimum atomic E-state index is -0.643. The van der Waals surface area contributed by atoms with Crippen molar-refractivity contribution in [2.45, 2.75) is 222 Å². The van der Waals surface area contributed by atoms with Crippen molar-refractivity contribution < 1.29 is 67.4 Å². The molecule has 16 rings (SSSR count). The lowest BCUT2D eigenvalue weighted by Crippen LogP contribution is -2.46. The zero-order valence-electron chi connectivity index (χ0n) is 86.5. The summed E-state index contributed by atoms with van der Waals surface area (Å²) in [5.74, 6) is -3.82.